The molecule has 0 aromatic carbocycles. The minimum Gasteiger partial charge on any atom is -0.396 e. The molecule has 2 aliphatic carbocycles. The van der Waals surface area contributed by atoms with Crippen LogP contribution in [0.5, 0.6) is 0 Å². The molecule has 4 rings (SSSR count). The number of carbonyl (C=O) groups is 1. The Hall–Kier alpha value is -2.41. The Morgan fingerprint density at radius 1 is 1.32 bits per heavy atom. The maximum atomic E-state index is 12.3. The molecule has 132 valence electrons. The molecule has 25 heavy (non-hydrogen) atoms. The average Bonchev–Trinajstić information content (AvgIpc) is 3.37. The van der Waals surface area contributed by atoms with E-state index in [0.29, 0.717) is 18.4 Å². The number of aliphatic hydroxyl groups excluding tert-OH is 1. The molecule has 4 atom stereocenters. The number of nitrogens with zero attached hydrogens (tertiary/aromatic N) is 3. The third-order valence-electron chi connectivity index (χ3n) is 5.60. The fourth-order valence-electron chi connectivity index (χ4n) is 4.38. The van der Waals surface area contributed by atoms with E-state index in [1.54, 1.807) is 17.1 Å². The Balaban J connectivity index is 1.34. The van der Waals surface area contributed by atoms with Crippen molar-refractivity contribution in [3.05, 3.63) is 42.4 Å². The SMILES string of the molecule is O=C(NCc1ccnc(-n2cccn2)c1)NC1C2CCC(C2)C1CO. The summed E-state index contributed by atoms with van der Waals surface area (Å²) in [5.41, 5.74) is 0.960. The summed E-state index contributed by atoms with van der Waals surface area (Å²) in [7, 11) is 0. The number of hydrogen-bond donors (Lipinski definition) is 3. The van der Waals surface area contributed by atoms with Crippen LogP contribution in [0.15, 0.2) is 36.8 Å². The molecule has 2 bridgehead atoms. The van der Waals surface area contributed by atoms with Gasteiger partial charge in [-0.1, -0.05) is 0 Å². The van der Waals surface area contributed by atoms with Crippen LogP contribution in [-0.4, -0.2) is 38.6 Å². The second kappa shape index (κ2) is 6.84. The Labute approximate surface area is 146 Å². The summed E-state index contributed by atoms with van der Waals surface area (Å²) in [6.45, 7) is 0.580. The van der Waals surface area contributed by atoms with Crippen LogP contribution in [0.4, 0.5) is 4.79 Å². The number of nitrogens with one attached hydrogen (secondary N) is 2. The number of amides is 2. The smallest absolute Gasteiger partial charge is 0.315 e. The van der Waals surface area contributed by atoms with Gasteiger partial charge in [0.05, 0.1) is 0 Å². The molecule has 0 spiro atoms. The van der Waals surface area contributed by atoms with Gasteiger partial charge >= 0.3 is 6.03 Å². The highest BCUT2D eigenvalue weighted by atomic mass is 16.3. The fraction of sp³-hybridized carbons (Fsp3) is 0.500. The van der Waals surface area contributed by atoms with Crippen molar-refractivity contribution in [2.24, 2.45) is 17.8 Å². The number of carbonyl (C=O) groups excluding carboxylic acids is 1. The van der Waals surface area contributed by atoms with Crippen LogP contribution >= 0.6 is 0 Å². The van der Waals surface area contributed by atoms with Gasteiger partial charge in [-0.05, 0) is 54.9 Å². The molecule has 3 N–H and O–H groups in total. The summed E-state index contributed by atoms with van der Waals surface area (Å²) in [5.74, 6) is 2.01. The first-order valence-electron chi connectivity index (χ1n) is 8.85. The minimum atomic E-state index is -0.173. The summed E-state index contributed by atoms with van der Waals surface area (Å²) in [6, 6.07) is 5.55. The Morgan fingerprint density at radius 2 is 2.20 bits per heavy atom. The Bertz CT molecular complexity index is 733. The average molecular weight is 341 g/mol. The Kier molecular flexibility index (Phi) is 4.40. The lowest BCUT2D eigenvalue weighted by Crippen LogP contribution is -2.48. The lowest BCUT2D eigenvalue weighted by atomic mass is 9.85. The summed E-state index contributed by atoms with van der Waals surface area (Å²) >= 11 is 0. The molecular weight excluding hydrogens is 318 g/mol. The van der Waals surface area contributed by atoms with Crippen LogP contribution in [0.2, 0.25) is 0 Å². The van der Waals surface area contributed by atoms with E-state index in [4.69, 9.17) is 0 Å². The molecule has 2 heterocycles. The molecule has 2 saturated carbocycles. The predicted molar refractivity (Wildman–Crippen MR) is 91.9 cm³/mol. The largest absolute Gasteiger partial charge is 0.396 e. The van der Waals surface area contributed by atoms with Gasteiger partial charge in [0.2, 0.25) is 0 Å². The fourth-order valence-corrected chi connectivity index (χ4v) is 4.38. The van der Waals surface area contributed by atoms with Gasteiger partial charge in [0.25, 0.3) is 0 Å². The van der Waals surface area contributed by atoms with E-state index in [1.807, 2.05) is 24.4 Å². The van der Waals surface area contributed by atoms with Crippen molar-refractivity contribution in [1.82, 2.24) is 25.4 Å². The molecule has 2 aliphatic rings. The molecule has 0 radical (unpaired) electrons. The third-order valence-corrected chi connectivity index (χ3v) is 5.60. The zero-order chi connectivity index (χ0) is 17.2. The van der Waals surface area contributed by atoms with Crippen LogP contribution in [0.1, 0.15) is 24.8 Å². The van der Waals surface area contributed by atoms with Crippen molar-refractivity contribution >= 4 is 6.03 Å². The van der Waals surface area contributed by atoms with Crippen LogP contribution in [0.3, 0.4) is 0 Å². The first-order chi connectivity index (χ1) is 12.2. The van der Waals surface area contributed by atoms with Crippen molar-refractivity contribution < 1.29 is 9.90 Å². The number of hydrogen-bond acceptors (Lipinski definition) is 4. The number of fused-ring (bicyclic) bond motifs is 2. The van der Waals surface area contributed by atoms with Crippen LogP contribution in [0, 0.1) is 17.8 Å². The maximum Gasteiger partial charge on any atom is 0.315 e. The number of aliphatic hydroxyl groups is 1. The van der Waals surface area contributed by atoms with E-state index in [-0.39, 0.29) is 24.6 Å². The summed E-state index contributed by atoms with van der Waals surface area (Å²) in [5, 5.41) is 19.8. The van der Waals surface area contributed by atoms with E-state index in [0.717, 1.165) is 24.2 Å². The third kappa shape index (κ3) is 3.24. The molecule has 7 heteroatoms. The number of rotatable bonds is 5. The lowest BCUT2D eigenvalue weighted by Gasteiger charge is -2.30. The summed E-state index contributed by atoms with van der Waals surface area (Å²) in [6.07, 6.45) is 8.72. The second-order valence-electron chi connectivity index (χ2n) is 7.01. The molecule has 0 saturated heterocycles. The maximum absolute atomic E-state index is 12.3. The van der Waals surface area contributed by atoms with E-state index in [1.165, 1.54) is 6.42 Å². The topological polar surface area (TPSA) is 92.1 Å². The molecule has 2 aromatic rings. The molecule has 7 nitrogen and oxygen atoms in total. The summed E-state index contributed by atoms with van der Waals surface area (Å²) < 4.78 is 1.69. The first kappa shape index (κ1) is 16.1. The van der Waals surface area contributed by atoms with Gasteiger partial charge in [-0.25, -0.2) is 14.5 Å². The van der Waals surface area contributed by atoms with Gasteiger partial charge < -0.3 is 15.7 Å². The molecular formula is C18H23N5O2. The zero-order valence-corrected chi connectivity index (χ0v) is 14.0. The van der Waals surface area contributed by atoms with Crippen molar-refractivity contribution in [2.75, 3.05) is 6.61 Å². The van der Waals surface area contributed by atoms with Gasteiger partial charge in [0.1, 0.15) is 0 Å². The molecule has 2 fully saturated rings. The minimum absolute atomic E-state index is 0.0980. The molecule has 0 aliphatic heterocycles. The van der Waals surface area contributed by atoms with Gasteiger partial charge in [0, 0.05) is 43.7 Å². The van der Waals surface area contributed by atoms with Gasteiger partial charge in [-0.15, -0.1) is 0 Å². The Morgan fingerprint density at radius 3 is 3.00 bits per heavy atom. The molecule has 4 unspecified atom stereocenters. The number of urea groups is 1. The summed E-state index contributed by atoms with van der Waals surface area (Å²) in [4.78, 5) is 16.6. The van der Waals surface area contributed by atoms with E-state index in [9.17, 15) is 9.90 Å². The van der Waals surface area contributed by atoms with Crippen molar-refractivity contribution in [3.8, 4) is 5.82 Å². The van der Waals surface area contributed by atoms with Crippen molar-refractivity contribution in [2.45, 2.75) is 31.8 Å². The standard InChI is InChI=1S/C18H23N5O2/c24-11-15-13-2-3-14(9-13)17(15)22-18(25)20-10-12-4-6-19-16(8-12)23-7-1-5-21-23/h1,4-8,13-15,17,24H,2-3,9-11H2,(H2,20,22,25). The highest BCUT2D eigenvalue weighted by Gasteiger charge is 2.47. The van der Waals surface area contributed by atoms with Crippen molar-refractivity contribution in [3.63, 3.8) is 0 Å². The van der Waals surface area contributed by atoms with E-state index in [2.05, 4.69) is 20.7 Å². The van der Waals surface area contributed by atoms with Crippen LogP contribution in [-0.2, 0) is 6.54 Å². The van der Waals surface area contributed by atoms with Gasteiger partial charge in [-0.3, -0.25) is 0 Å². The predicted octanol–water partition coefficient (Wildman–Crippen LogP) is 1.47. The zero-order valence-electron chi connectivity index (χ0n) is 14.0. The van der Waals surface area contributed by atoms with Gasteiger partial charge in [0.15, 0.2) is 5.82 Å². The highest BCUT2D eigenvalue weighted by molar-refractivity contribution is 5.74. The van der Waals surface area contributed by atoms with E-state index >= 15 is 0 Å². The van der Waals surface area contributed by atoms with Crippen LogP contribution < -0.4 is 10.6 Å². The monoisotopic (exact) mass is 341 g/mol. The number of aromatic nitrogens is 3. The quantitative estimate of drug-likeness (QED) is 0.768. The highest BCUT2D eigenvalue weighted by Crippen LogP contribution is 2.48. The second-order valence-corrected chi connectivity index (χ2v) is 7.01. The number of pyridine rings is 1. The lowest BCUT2D eigenvalue weighted by molar-refractivity contribution is 0.144. The molecule has 2 aromatic heterocycles. The first-order valence-corrected chi connectivity index (χ1v) is 8.85. The normalized spacial score (nSPS) is 27.4. The molecule has 2 amide bonds. The van der Waals surface area contributed by atoms with Crippen molar-refractivity contribution in [1.29, 1.82) is 0 Å². The van der Waals surface area contributed by atoms with Crippen LogP contribution in [0.25, 0.3) is 5.82 Å². The van der Waals surface area contributed by atoms with Gasteiger partial charge in [-0.2, -0.15) is 5.10 Å². The van der Waals surface area contributed by atoms with E-state index < -0.39 is 0 Å².